The highest BCUT2D eigenvalue weighted by atomic mass is 32.2. The number of hydrogen-bond donors (Lipinski definition) is 4. The molecule has 0 aromatic heterocycles. The van der Waals surface area contributed by atoms with E-state index in [4.69, 9.17) is 5.73 Å². The van der Waals surface area contributed by atoms with Crippen LogP contribution in [0.25, 0.3) is 0 Å². The SMILES string of the molecule is CC(C)CCN(C[C@@H](O)[C@H](Cc1ccccc1)N1C(C(=O)NNC(=O)CCC(N)=O)=CCc2ccccc21)S(=O)(=O)c1ccccc1. The van der Waals surface area contributed by atoms with E-state index in [-0.39, 0.29) is 48.9 Å². The number of nitrogens with two attached hydrogens (primary N) is 1. The lowest BCUT2D eigenvalue weighted by atomic mass is 9.94. The number of sulfonamides is 1. The first-order valence-electron chi connectivity index (χ1n) is 15.7. The highest BCUT2D eigenvalue weighted by molar-refractivity contribution is 7.89. The third-order valence-electron chi connectivity index (χ3n) is 7.96. The van der Waals surface area contributed by atoms with Crippen LogP contribution in [0.1, 0.15) is 44.2 Å². The first-order chi connectivity index (χ1) is 22.5. The second-order valence-electron chi connectivity index (χ2n) is 11.9. The van der Waals surface area contributed by atoms with Crippen molar-refractivity contribution in [2.75, 3.05) is 18.0 Å². The van der Waals surface area contributed by atoms with Crippen LogP contribution in [0.15, 0.2) is 102 Å². The Labute approximate surface area is 276 Å². The number of hydrogen-bond acceptors (Lipinski definition) is 7. The van der Waals surface area contributed by atoms with Gasteiger partial charge in [-0.1, -0.05) is 86.7 Å². The van der Waals surface area contributed by atoms with E-state index in [1.54, 1.807) is 29.2 Å². The number of fused-ring (bicyclic) bond motifs is 1. The Morgan fingerprint density at radius 3 is 2.21 bits per heavy atom. The van der Waals surface area contributed by atoms with Crippen molar-refractivity contribution in [1.29, 1.82) is 0 Å². The number of primary amides is 1. The van der Waals surface area contributed by atoms with E-state index >= 15 is 0 Å². The number of anilines is 1. The Hall–Kier alpha value is -4.52. The first-order valence-corrected chi connectivity index (χ1v) is 17.1. The number of carbonyl (C=O) groups is 3. The third-order valence-corrected chi connectivity index (χ3v) is 9.84. The van der Waals surface area contributed by atoms with Crippen molar-refractivity contribution in [3.05, 3.63) is 108 Å². The van der Waals surface area contributed by atoms with Gasteiger partial charge in [-0.25, -0.2) is 8.42 Å². The van der Waals surface area contributed by atoms with Gasteiger partial charge in [-0.2, -0.15) is 4.31 Å². The average molecular weight is 662 g/mol. The van der Waals surface area contributed by atoms with Crippen molar-refractivity contribution in [1.82, 2.24) is 15.2 Å². The second kappa shape index (κ2) is 16.3. The molecule has 250 valence electrons. The summed E-state index contributed by atoms with van der Waals surface area (Å²) < 4.78 is 29.1. The monoisotopic (exact) mass is 661 g/mol. The zero-order chi connectivity index (χ0) is 34.0. The number of amides is 3. The molecule has 1 aliphatic rings. The molecule has 0 unspecified atom stereocenters. The number of allylic oxidation sites excluding steroid dienone is 1. The van der Waals surface area contributed by atoms with Crippen LogP contribution >= 0.6 is 0 Å². The summed E-state index contributed by atoms with van der Waals surface area (Å²) in [6.45, 7) is 3.99. The average Bonchev–Trinajstić information content (AvgIpc) is 3.07. The lowest BCUT2D eigenvalue weighted by Gasteiger charge is -2.41. The minimum atomic E-state index is -3.97. The van der Waals surface area contributed by atoms with Gasteiger partial charge < -0.3 is 15.7 Å². The molecule has 3 aromatic rings. The number of nitrogens with one attached hydrogen (secondary N) is 2. The number of nitrogens with zero attached hydrogens (tertiary/aromatic N) is 2. The Morgan fingerprint density at radius 2 is 1.55 bits per heavy atom. The van der Waals surface area contributed by atoms with Gasteiger partial charge in [-0.15, -0.1) is 0 Å². The molecule has 1 aliphatic heterocycles. The molecule has 4 rings (SSSR count). The molecule has 0 bridgehead atoms. The lowest BCUT2D eigenvalue weighted by Crippen LogP contribution is -2.54. The summed E-state index contributed by atoms with van der Waals surface area (Å²) in [4.78, 5) is 38.9. The molecule has 1 heterocycles. The topological polar surface area (TPSA) is 162 Å². The molecule has 12 heteroatoms. The molecule has 0 radical (unpaired) electrons. The van der Waals surface area contributed by atoms with Gasteiger partial charge in [0.15, 0.2) is 0 Å². The van der Waals surface area contributed by atoms with Crippen LogP contribution in [0.3, 0.4) is 0 Å². The fraction of sp³-hybridized carbons (Fsp3) is 0.343. The molecule has 0 saturated heterocycles. The van der Waals surface area contributed by atoms with Gasteiger partial charge in [0.25, 0.3) is 5.91 Å². The van der Waals surface area contributed by atoms with Gasteiger partial charge in [0, 0.05) is 31.6 Å². The number of hydrazine groups is 1. The van der Waals surface area contributed by atoms with Crippen LogP contribution in [0.5, 0.6) is 0 Å². The lowest BCUT2D eigenvalue weighted by molar-refractivity contribution is -0.128. The van der Waals surface area contributed by atoms with E-state index in [9.17, 15) is 27.9 Å². The third kappa shape index (κ3) is 9.50. The van der Waals surface area contributed by atoms with Gasteiger partial charge in [0.2, 0.25) is 21.8 Å². The molecule has 0 aliphatic carbocycles. The molecular weight excluding hydrogens is 618 g/mol. The Bertz CT molecular complexity index is 1660. The summed E-state index contributed by atoms with van der Waals surface area (Å²) in [5.74, 6) is -1.65. The Morgan fingerprint density at radius 1 is 0.915 bits per heavy atom. The number of rotatable bonds is 15. The van der Waals surface area contributed by atoms with Gasteiger partial charge >= 0.3 is 0 Å². The summed E-state index contributed by atoms with van der Waals surface area (Å²) in [7, 11) is -3.97. The normalized spacial score (nSPS) is 14.2. The standard InChI is InChI=1S/C35H43N5O6S/c1-25(2)21-22-39(47(45,46)28-14-7-4-8-15-28)24-32(41)31(23-26-11-5-3-6-12-26)40-29-16-10-9-13-27(29)17-18-30(40)35(44)38-37-34(43)20-19-33(36)42/h3-16,18,25,31-32,41H,17,19-24H2,1-2H3,(H2,36,42)(H,37,43)(H,38,44)/t31-,32+/m0/s1. The summed E-state index contributed by atoms with van der Waals surface area (Å²) in [6.07, 6.45) is 1.37. The quantitative estimate of drug-likeness (QED) is 0.182. The van der Waals surface area contributed by atoms with Crippen molar-refractivity contribution in [2.24, 2.45) is 11.7 Å². The van der Waals surface area contributed by atoms with Crippen molar-refractivity contribution in [2.45, 2.75) is 63.0 Å². The molecule has 3 aromatic carbocycles. The smallest absolute Gasteiger partial charge is 0.285 e. The molecule has 0 fully saturated rings. The maximum Gasteiger partial charge on any atom is 0.285 e. The number of aliphatic hydroxyl groups excluding tert-OH is 1. The van der Waals surface area contributed by atoms with Crippen LogP contribution in [0.2, 0.25) is 0 Å². The van der Waals surface area contributed by atoms with E-state index in [1.165, 1.54) is 16.4 Å². The maximum atomic E-state index is 13.9. The number of aliphatic hydroxyl groups is 1. The van der Waals surface area contributed by atoms with Gasteiger partial charge in [0.05, 0.1) is 17.0 Å². The van der Waals surface area contributed by atoms with E-state index in [2.05, 4.69) is 10.9 Å². The second-order valence-corrected chi connectivity index (χ2v) is 13.9. The van der Waals surface area contributed by atoms with Crippen LogP contribution in [0.4, 0.5) is 5.69 Å². The van der Waals surface area contributed by atoms with Gasteiger partial charge in [0.1, 0.15) is 5.70 Å². The van der Waals surface area contributed by atoms with Gasteiger partial charge in [-0.05, 0) is 54.5 Å². The molecule has 5 N–H and O–H groups in total. The van der Waals surface area contributed by atoms with Crippen molar-refractivity contribution >= 4 is 33.4 Å². The van der Waals surface area contributed by atoms with Gasteiger partial charge in [-0.3, -0.25) is 25.2 Å². The highest BCUT2D eigenvalue weighted by Crippen LogP contribution is 2.34. The fourth-order valence-electron chi connectivity index (χ4n) is 5.44. The minimum absolute atomic E-state index is 0.130. The largest absolute Gasteiger partial charge is 0.390 e. The van der Waals surface area contributed by atoms with Crippen LogP contribution < -0.4 is 21.5 Å². The predicted octanol–water partition coefficient (Wildman–Crippen LogP) is 3.06. The summed E-state index contributed by atoms with van der Waals surface area (Å²) in [5, 5.41) is 12.1. The molecule has 0 spiro atoms. The summed E-state index contributed by atoms with van der Waals surface area (Å²) in [6, 6.07) is 24.3. The first kappa shape index (κ1) is 35.3. The van der Waals surface area contributed by atoms with E-state index in [0.717, 1.165) is 11.1 Å². The van der Waals surface area contributed by atoms with Crippen molar-refractivity contribution in [3.63, 3.8) is 0 Å². The van der Waals surface area contributed by atoms with Crippen molar-refractivity contribution < 1.29 is 27.9 Å². The minimum Gasteiger partial charge on any atom is -0.390 e. The Kier molecular flexibility index (Phi) is 12.3. The van der Waals surface area contributed by atoms with Crippen LogP contribution in [0, 0.1) is 5.92 Å². The number of carbonyl (C=O) groups excluding carboxylic acids is 3. The summed E-state index contributed by atoms with van der Waals surface area (Å²) in [5.41, 5.74) is 12.5. The highest BCUT2D eigenvalue weighted by Gasteiger charge is 2.37. The Balaban J connectivity index is 1.72. The molecule has 3 amide bonds. The van der Waals surface area contributed by atoms with E-state index in [1.807, 2.05) is 68.4 Å². The molecule has 11 nitrogen and oxygen atoms in total. The van der Waals surface area contributed by atoms with Crippen LogP contribution in [-0.2, 0) is 37.2 Å². The predicted molar refractivity (Wildman–Crippen MR) is 180 cm³/mol. The van der Waals surface area contributed by atoms with Crippen LogP contribution in [-0.4, -0.2) is 60.8 Å². The van der Waals surface area contributed by atoms with E-state index in [0.29, 0.717) is 18.5 Å². The molecule has 0 saturated carbocycles. The number of benzene rings is 3. The summed E-state index contributed by atoms with van der Waals surface area (Å²) >= 11 is 0. The van der Waals surface area contributed by atoms with Crippen molar-refractivity contribution in [3.8, 4) is 0 Å². The molecule has 47 heavy (non-hydrogen) atoms. The molecular formula is C35H43N5O6S. The zero-order valence-corrected chi connectivity index (χ0v) is 27.5. The zero-order valence-electron chi connectivity index (χ0n) is 26.7. The molecule has 2 atom stereocenters. The van der Waals surface area contributed by atoms with E-state index < -0.39 is 39.9 Å². The fourth-order valence-corrected chi connectivity index (χ4v) is 6.93. The number of para-hydroxylation sites is 1. The maximum absolute atomic E-state index is 13.9.